The number of ether oxygens (including phenoxy) is 1. The fourth-order valence-electron chi connectivity index (χ4n) is 2.03. The van der Waals surface area contributed by atoms with Crippen LogP contribution >= 0.6 is 11.6 Å². The Kier molecular flexibility index (Phi) is 5.09. The molecule has 0 aliphatic carbocycles. The Hall–Kier alpha value is -1.29. The fraction of sp³-hybridized carbons (Fsp3) is 0.412. The molecule has 0 saturated carbocycles. The van der Waals surface area contributed by atoms with Crippen molar-refractivity contribution in [1.82, 2.24) is 5.32 Å². The van der Waals surface area contributed by atoms with Crippen molar-refractivity contribution in [3.8, 4) is 5.75 Å². The minimum atomic E-state index is -0.557. The molecule has 0 aromatic heterocycles. The van der Waals surface area contributed by atoms with E-state index in [0.29, 0.717) is 11.6 Å². The number of aliphatic hydroxyl groups is 1. The largest absolute Gasteiger partial charge is 0.490 e. The fourth-order valence-corrected chi connectivity index (χ4v) is 2.26. The molecule has 2 rings (SSSR count). The molecule has 0 bridgehead atoms. The summed E-state index contributed by atoms with van der Waals surface area (Å²) in [4.78, 5) is 0. The van der Waals surface area contributed by atoms with Crippen LogP contribution < -0.4 is 10.1 Å². The molecule has 1 atom stereocenters. The summed E-state index contributed by atoms with van der Waals surface area (Å²) in [5.74, 6) is 0.741. The zero-order valence-electron chi connectivity index (χ0n) is 12.7. The maximum absolute atomic E-state index is 9.99. The van der Waals surface area contributed by atoms with Crippen LogP contribution in [-0.2, 0) is 0 Å². The zero-order valence-corrected chi connectivity index (χ0v) is 13.4. The van der Waals surface area contributed by atoms with Crippen LogP contribution in [0.4, 0.5) is 0 Å². The number of halogens is 1. The first kappa shape index (κ1) is 16.1. The van der Waals surface area contributed by atoms with E-state index in [4.69, 9.17) is 16.3 Å². The molecule has 1 unspecified atom stereocenters. The molecule has 2 N–H and O–H groups in total. The van der Waals surface area contributed by atoms with Crippen molar-refractivity contribution in [2.45, 2.75) is 32.4 Å². The maximum Gasteiger partial charge on any atom is 0.127 e. The number of benzene rings is 2. The molecule has 0 fully saturated rings. The van der Waals surface area contributed by atoms with E-state index in [2.05, 4.69) is 26.1 Å². The van der Waals surface area contributed by atoms with Crippen molar-refractivity contribution >= 4 is 22.4 Å². The number of hydrogen-bond acceptors (Lipinski definition) is 3. The number of fused-ring (bicyclic) bond motifs is 1. The molecule has 3 nitrogen and oxygen atoms in total. The van der Waals surface area contributed by atoms with Crippen molar-refractivity contribution in [2.24, 2.45) is 0 Å². The van der Waals surface area contributed by atoms with Gasteiger partial charge in [-0.25, -0.2) is 0 Å². The van der Waals surface area contributed by atoms with Gasteiger partial charge in [-0.1, -0.05) is 35.9 Å². The number of β-amino-alcohol motifs (C(OH)–C–C–N with tert-alkyl or cyclic N) is 1. The van der Waals surface area contributed by atoms with Gasteiger partial charge in [0.2, 0.25) is 0 Å². The highest BCUT2D eigenvalue weighted by atomic mass is 35.5. The molecule has 0 aliphatic heterocycles. The second kappa shape index (κ2) is 6.65. The minimum absolute atomic E-state index is 0.0199. The van der Waals surface area contributed by atoms with Crippen LogP contribution in [0.1, 0.15) is 20.8 Å². The molecular formula is C17H22ClNO2. The van der Waals surface area contributed by atoms with E-state index in [-0.39, 0.29) is 12.1 Å². The third kappa shape index (κ3) is 4.60. The Bertz CT molecular complexity index is 607. The number of rotatable bonds is 5. The predicted octanol–water partition coefficient (Wildman–Crippen LogP) is 3.62. The summed E-state index contributed by atoms with van der Waals surface area (Å²) in [5.41, 5.74) is -0.0199. The SMILES string of the molecule is CC(C)(C)NCC(O)COc1ccc(Cl)c2ccccc12. The molecule has 114 valence electrons. The summed E-state index contributed by atoms with van der Waals surface area (Å²) in [6.45, 7) is 6.93. The Morgan fingerprint density at radius 3 is 2.48 bits per heavy atom. The molecule has 0 heterocycles. The summed E-state index contributed by atoms with van der Waals surface area (Å²) in [5, 5.41) is 15.9. The standard InChI is InChI=1S/C17H22ClNO2/c1-17(2,3)19-10-12(20)11-21-16-9-8-15(18)13-6-4-5-7-14(13)16/h4-9,12,19-20H,10-11H2,1-3H3. The van der Waals surface area contributed by atoms with E-state index in [9.17, 15) is 5.11 Å². The van der Waals surface area contributed by atoms with Gasteiger partial charge >= 0.3 is 0 Å². The second-order valence-corrected chi connectivity index (χ2v) is 6.59. The molecule has 0 radical (unpaired) electrons. The summed E-state index contributed by atoms with van der Waals surface area (Å²) in [6, 6.07) is 11.5. The van der Waals surface area contributed by atoms with E-state index < -0.39 is 6.10 Å². The summed E-state index contributed by atoms with van der Waals surface area (Å²) >= 11 is 6.18. The van der Waals surface area contributed by atoms with E-state index >= 15 is 0 Å². The van der Waals surface area contributed by atoms with Gasteiger partial charge in [-0.05, 0) is 32.9 Å². The van der Waals surface area contributed by atoms with Gasteiger partial charge < -0.3 is 15.2 Å². The lowest BCUT2D eigenvalue weighted by atomic mass is 10.1. The molecule has 0 spiro atoms. The van der Waals surface area contributed by atoms with Gasteiger partial charge in [-0.3, -0.25) is 0 Å². The van der Waals surface area contributed by atoms with Crippen molar-refractivity contribution < 1.29 is 9.84 Å². The lowest BCUT2D eigenvalue weighted by Crippen LogP contribution is -2.42. The quantitative estimate of drug-likeness (QED) is 0.886. The lowest BCUT2D eigenvalue weighted by Gasteiger charge is -2.23. The van der Waals surface area contributed by atoms with E-state index in [1.165, 1.54) is 0 Å². The maximum atomic E-state index is 9.99. The van der Waals surface area contributed by atoms with E-state index in [1.807, 2.05) is 36.4 Å². The van der Waals surface area contributed by atoms with Gasteiger partial charge in [0, 0.05) is 27.9 Å². The van der Waals surface area contributed by atoms with Crippen LogP contribution in [0.3, 0.4) is 0 Å². The summed E-state index contributed by atoms with van der Waals surface area (Å²) in [7, 11) is 0. The Labute approximate surface area is 130 Å². The van der Waals surface area contributed by atoms with Crippen molar-refractivity contribution in [2.75, 3.05) is 13.2 Å². The van der Waals surface area contributed by atoms with Crippen LogP contribution in [0.25, 0.3) is 10.8 Å². The Morgan fingerprint density at radius 1 is 1.14 bits per heavy atom. The van der Waals surface area contributed by atoms with Gasteiger partial charge in [-0.2, -0.15) is 0 Å². The van der Waals surface area contributed by atoms with E-state index in [0.717, 1.165) is 16.5 Å². The van der Waals surface area contributed by atoms with Crippen molar-refractivity contribution in [3.63, 3.8) is 0 Å². The second-order valence-electron chi connectivity index (χ2n) is 6.19. The molecule has 2 aromatic rings. The van der Waals surface area contributed by atoms with E-state index in [1.54, 1.807) is 0 Å². The normalized spacial score (nSPS) is 13.4. The van der Waals surface area contributed by atoms with Crippen molar-refractivity contribution in [3.05, 3.63) is 41.4 Å². The lowest BCUT2D eigenvalue weighted by molar-refractivity contribution is 0.101. The predicted molar refractivity (Wildman–Crippen MR) is 88.2 cm³/mol. The van der Waals surface area contributed by atoms with Gasteiger partial charge in [0.25, 0.3) is 0 Å². The zero-order chi connectivity index (χ0) is 15.5. The van der Waals surface area contributed by atoms with Crippen LogP contribution in [0.15, 0.2) is 36.4 Å². The monoisotopic (exact) mass is 307 g/mol. The number of hydrogen-bond donors (Lipinski definition) is 2. The highest BCUT2D eigenvalue weighted by Gasteiger charge is 2.13. The van der Waals surface area contributed by atoms with Gasteiger partial charge in [0.15, 0.2) is 0 Å². The minimum Gasteiger partial charge on any atom is -0.490 e. The highest BCUT2D eigenvalue weighted by molar-refractivity contribution is 6.35. The number of aliphatic hydroxyl groups excluding tert-OH is 1. The average Bonchev–Trinajstić information content (AvgIpc) is 2.44. The summed E-state index contributed by atoms with van der Waals surface area (Å²) in [6.07, 6.45) is -0.557. The molecule has 0 saturated heterocycles. The molecule has 0 aliphatic rings. The van der Waals surface area contributed by atoms with Crippen LogP contribution in [0.5, 0.6) is 5.75 Å². The van der Waals surface area contributed by atoms with Crippen LogP contribution in [0.2, 0.25) is 5.02 Å². The molecule has 4 heteroatoms. The first-order valence-corrected chi connectivity index (χ1v) is 7.48. The highest BCUT2D eigenvalue weighted by Crippen LogP contribution is 2.31. The molecule has 21 heavy (non-hydrogen) atoms. The molecular weight excluding hydrogens is 286 g/mol. The first-order valence-electron chi connectivity index (χ1n) is 7.10. The molecule has 0 amide bonds. The molecule has 2 aromatic carbocycles. The van der Waals surface area contributed by atoms with Crippen molar-refractivity contribution in [1.29, 1.82) is 0 Å². The summed E-state index contributed by atoms with van der Waals surface area (Å²) < 4.78 is 5.75. The van der Waals surface area contributed by atoms with Gasteiger partial charge in [0.05, 0.1) is 0 Å². The smallest absolute Gasteiger partial charge is 0.127 e. The topological polar surface area (TPSA) is 41.5 Å². The first-order chi connectivity index (χ1) is 9.87. The third-order valence-electron chi connectivity index (χ3n) is 3.13. The Balaban J connectivity index is 2.02. The van der Waals surface area contributed by atoms with Gasteiger partial charge in [-0.15, -0.1) is 0 Å². The average molecular weight is 308 g/mol. The Morgan fingerprint density at radius 2 is 1.81 bits per heavy atom. The van der Waals surface area contributed by atoms with Crippen LogP contribution in [-0.4, -0.2) is 29.9 Å². The third-order valence-corrected chi connectivity index (χ3v) is 3.46. The van der Waals surface area contributed by atoms with Crippen LogP contribution in [0, 0.1) is 0 Å². The number of nitrogens with one attached hydrogen (secondary N) is 1. The van der Waals surface area contributed by atoms with Gasteiger partial charge in [0.1, 0.15) is 18.5 Å².